The van der Waals surface area contributed by atoms with Crippen LogP contribution in [0.2, 0.25) is 10.0 Å². The van der Waals surface area contributed by atoms with Crippen LogP contribution in [0.15, 0.2) is 36.5 Å². The average molecular weight is 439 g/mol. The molecule has 1 aliphatic carbocycles. The summed E-state index contributed by atoms with van der Waals surface area (Å²) in [5.74, 6) is 2.20. The highest BCUT2D eigenvalue weighted by molar-refractivity contribution is 6.36. The largest absolute Gasteiger partial charge is 0.368 e. The summed E-state index contributed by atoms with van der Waals surface area (Å²) in [5.41, 5.74) is 3.59. The number of aryl methyl sites for hydroxylation is 1. The number of aromatic nitrogens is 3. The maximum absolute atomic E-state index is 8.85. The minimum Gasteiger partial charge on any atom is -0.368 e. The molecule has 8 heteroatoms. The fourth-order valence-corrected chi connectivity index (χ4v) is 3.96. The first-order valence-electron chi connectivity index (χ1n) is 9.83. The van der Waals surface area contributed by atoms with Gasteiger partial charge in [0.15, 0.2) is 5.82 Å². The number of nitriles is 1. The average Bonchev–Trinajstić information content (AvgIpc) is 2.77. The van der Waals surface area contributed by atoms with Crippen LogP contribution in [-0.2, 0) is 12.8 Å². The Labute approximate surface area is 185 Å². The number of halogens is 2. The zero-order chi connectivity index (χ0) is 20.9. The van der Waals surface area contributed by atoms with Gasteiger partial charge in [0.2, 0.25) is 0 Å². The standard InChI is InChI=1S/C22H20Cl2N6/c23-15-6-7-16(18(24)11-15)22-29-19-4-2-1-3-17(19)21(30-22)27-10-9-26-20-8-5-14(12-25)13-28-20/h5-8,11,13H,1-4,9-10H2,(H,26,28)(H,27,29,30). The first-order valence-corrected chi connectivity index (χ1v) is 10.6. The molecule has 0 amide bonds. The molecule has 2 aromatic heterocycles. The Kier molecular flexibility index (Phi) is 6.32. The van der Waals surface area contributed by atoms with Crippen molar-refractivity contribution in [1.82, 2.24) is 15.0 Å². The van der Waals surface area contributed by atoms with Crippen LogP contribution in [0.4, 0.5) is 11.6 Å². The van der Waals surface area contributed by atoms with Crippen molar-refractivity contribution in [3.8, 4) is 17.5 Å². The van der Waals surface area contributed by atoms with Gasteiger partial charge in [-0.2, -0.15) is 5.26 Å². The Morgan fingerprint density at radius 1 is 1.00 bits per heavy atom. The molecular weight excluding hydrogens is 419 g/mol. The van der Waals surface area contributed by atoms with Crippen LogP contribution in [0.25, 0.3) is 11.4 Å². The van der Waals surface area contributed by atoms with E-state index >= 15 is 0 Å². The summed E-state index contributed by atoms with van der Waals surface area (Å²) in [7, 11) is 0. The molecule has 3 aromatic rings. The molecule has 0 fully saturated rings. The predicted octanol–water partition coefficient (Wildman–Crippen LogP) is 5.12. The molecule has 0 saturated carbocycles. The van der Waals surface area contributed by atoms with Crippen molar-refractivity contribution in [3.63, 3.8) is 0 Å². The van der Waals surface area contributed by atoms with Gasteiger partial charge in [-0.15, -0.1) is 0 Å². The fraction of sp³-hybridized carbons (Fsp3) is 0.273. The van der Waals surface area contributed by atoms with Crippen molar-refractivity contribution in [1.29, 1.82) is 5.26 Å². The van der Waals surface area contributed by atoms with Crippen molar-refractivity contribution >= 4 is 34.8 Å². The number of hydrogen-bond donors (Lipinski definition) is 2. The van der Waals surface area contributed by atoms with E-state index in [9.17, 15) is 0 Å². The Morgan fingerprint density at radius 3 is 2.60 bits per heavy atom. The van der Waals surface area contributed by atoms with Crippen LogP contribution in [0.5, 0.6) is 0 Å². The third-order valence-corrected chi connectivity index (χ3v) is 5.52. The van der Waals surface area contributed by atoms with Crippen LogP contribution >= 0.6 is 23.2 Å². The van der Waals surface area contributed by atoms with Crippen LogP contribution in [0.3, 0.4) is 0 Å². The molecule has 0 unspecified atom stereocenters. The third kappa shape index (κ3) is 4.64. The number of benzene rings is 1. The Balaban J connectivity index is 1.50. The quantitative estimate of drug-likeness (QED) is 0.519. The van der Waals surface area contributed by atoms with E-state index in [2.05, 4.69) is 21.7 Å². The lowest BCUT2D eigenvalue weighted by Crippen LogP contribution is -2.18. The molecule has 0 bridgehead atoms. The van der Waals surface area contributed by atoms with Gasteiger partial charge in [0.1, 0.15) is 17.7 Å². The van der Waals surface area contributed by atoms with E-state index in [1.807, 2.05) is 6.07 Å². The molecule has 2 N–H and O–H groups in total. The Bertz CT molecular complexity index is 1090. The van der Waals surface area contributed by atoms with E-state index in [0.717, 1.165) is 48.6 Å². The minimum atomic E-state index is 0.540. The first kappa shape index (κ1) is 20.4. The third-order valence-electron chi connectivity index (χ3n) is 4.97. The van der Waals surface area contributed by atoms with Gasteiger partial charge in [0.25, 0.3) is 0 Å². The number of nitrogens with one attached hydrogen (secondary N) is 2. The number of nitrogens with zero attached hydrogens (tertiary/aromatic N) is 4. The van der Waals surface area contributed by atoms with Crippen molar-refractivity contribution in [2.24, 2.45) is 0 Å². The van der Waals surface area contributed by atoms with Gasteiger partial charge in [-0.05, 0) is 56.0 Å². The summed E-state index contributed by atoms with van der Waals surface area (Å²) >= 11 is 12.4. The van der Waals surface area contributed by atoms with Crippen molar-refractivity contribution in [3.05, 3.63) is 63.4 Å². The molecular formula is C22H20Cl2N6. The minimum absolute atomic E-state index is 0.540. The highest BCUT2D eigenvalue weighted by Crippen LogP contribution is 2.32. The van der Waals surface area contributed by atoms with E-state index in [1.54, 1.807) is 30.5 Å². The predicted molar refractivity (Wildman–Crippen MR) is 120 cm³/mol. The normalized spacial score (nSPS) is 12.7. The maximum Gasteiger partial charge on any atom is 0.163 e. The molecule has 0 saturated heterocycles. The number of hydrogen-bond acceptors (Lipinski definition) is 6. The first-order chi connectivity index (χ1) is 14.6. The number of rotatable bonds is 6. The lowest BCUT2D eigenvalue weighted by atomic mass is 9.96. The van der Waals surface area contributed by atoms with E-state index in [1.165, 1.54) is 5.56 Å². The van der Waals surface area contributed by atoms with Gasteiger partial charge in [-0.3, -0.25) is 0 Å². The summed E-state index contributed by atoms with van der Waals surface area (Å²) in [6, 6.07) is 11.0. The van der Waals surface area contributed by atoms with Gasteiger partial charge < -0.3 is 10.6 Å². The molecule has 0 spiro atoms. The van der Waals surface area contributed by atoms with Crippen molar-refractivity contribution in [2.75, 3.05) is 23.7 Å². The second kappa shape index (κ2) is 9.29. The van der Waals surface area contributed by atoms with Crippen LogP contribution in [-0.4, -0.2) is 28.0 Å². The summed E-state index contributed by atoms with van der Waals surface area (Å²) in [6.45, 7) is 1.33. The molecule has 0 aliphatic heterocycles. The second-order valence-electron chi connectivity index (χ2n) is 7.05. The monoisotopic (exact) mass is 438 g/mol. The van der Waals surface area contributed by atoms with Crippen molar-refractivity contribution in [2.45, 2.75) is 25.7 Å². The smallest absolute Gasteiger partial charge is 0.163 e. The Morgan fingerprint density at radius 2 is 1.83 bits per heavy atom. The van der Waals surface area contributed by atoms with Gasteiger partial charge in [0, 0.05) is 41.1 Å². The van der Waals surface area contributed by atoms with Crippen LogP contribution in [0.1, 0.15) is 29.7 Å². The SMILES string of the molecule is N#Cc1ccc(NCCNc2nc(-c3ccc(Cl)cc3Cl)nc3c2CCCC3)nc1. The summed E-state index contributed by atoms with van der Waals surface area (Å²) in [4.78, 5) is 13.8. The van der Waals surface area contributed by atoms with Crippen LogP contribution < -0.4 is 10.6 Å². The lowest BCUT2D eigenvalue weighted by molar-refractivity contribution is 0.664. The zero-order valence-electron chi connectivity index (χ0n) is 16.3. The van der Waals surface area contributed by atoms with Gasteiger partial charge in [0.05, 0.1) is 10.6 Å². The van der Waals surface area contributed by atoms with E-state index in [4.69, 9.17) is 38.4 Å². The topological polar surface area (TPSA) is 86.5 Å². The summed E-state index contributed by atoms with van der Waals surface area (Å²) in [6.07, 6.45) is 5.73. The van der Waals surface area contributed by atoms with Gasteiger partial charge in [-0.1, -0.05) is 23.2 Å². The molecule has 0 radical (unpaired) electrons. The van der Waals surface area contributed by atoms with E-state index < -0.39 is 0 Å². The molecule has 152 valence electrons. The fourth-order valence-electron chi connectivity index (χ4n) is 3.47. The lowest BCUT2D eigenvalue weighted by Gasteiger charge is -2.20. The summed E-state index contributed by atoms with van der Waals surface area (Å²) < 4.78 is 0. The number of fused-ring (bicyclic) bond motifs is 1. The van der Waals surface area contributed by atoms with Gasteiger partial charge >= 0.3 is 0 Å². The molecule has 1 aliphatic rings. The molecule has 2 heterocycles. The highest BCUT2D eigenvalue weighted by Gasteiger charge is 2.19. The molecule has 4 rings (SSSR count). The molecule has 1 aromatic carbocycles. The maximum atomic E-state index is 8.85. The number of anilines is 2. The van der Waals surface area contributed by atoms with E-state index in [-0.39, 0.29) is 0 Å². The Hall–Kier alpha value is -2.88. The van der Waals surface area contributed by atoms with Gasteiger partial charge in [-0.25, -0.2) is 15.0 Å². The molecule has 0 atom stereocenters. The van der Waals surface area contributed by atoms with E-state index in [0.29, 0.717) is 34.5 Å². The second-order valence-corrected chi connectivity index (χ2v) is 7.89. The molecule has 6 nitrogen and oxygen atoms in total. The molecule has 30 heavy (non-hydrogen) atoms. The highest BCUT2D eigenvalue weighted by atomic mass is 35.5. The zero-order valence-corrected chi connectivity index (χ0v) is 17.8. The van der Waals surface area contributed by atoms with Crippen molar-refractivity contribution < 1.29 is 0 Å². The van der Waals surface area contributed by atoms with Crippen LogP contribution in [0, 0.1) is 11.3 Å². The number of pyridine rings is 1. The summed E-state index contributed by atoms with van der Waals surface area (Å²) in [5, 5.41) is 16.7.